The molecule has 1 N–H and O–H groups in total. The number of hydrogen-bond acceptors (Lipinski definition) is 6. The van der Waals surface area contributed by atoms with Crippen LogP contribution in [-0.2, 0) is 13.1 Å². The van der Waals surface area contributed by atoms with E-state index in [1.165, 1.54) is 0 Å². The van der Waals surface area contributed by atoms with E-state index in [4.69, 9.17) is 9.26 Å². The van der Waals surface area contributed by atoms with Crippen LogP contribution >= 0.6 is 0 Å². The minimum atomic E-state index is -0.207. The molecule has 8 nitrogen and oxygen atoms in total. The van der Waals surface area contributed by atoms with Crippen LogP contribution in [0.15, 0.2) is 65.4 Å². The molecule has 0 unspecified atom stereocenters. The first-order valence-corrected chi connectivity index (χ1v) is 9.44. The van der Waals surface area contributed by atoms with Crippen molar-refractivity contribution < 1.29 is 14.1 Å². The topological polar surface area (TPSA) is 95.1 Å². The first-order valence-electron chi connectivity index (χ1n) is 9.44. The van der Waals surface area contributed by atoms with Gasteiger partial charge in [-0.05, 0) is 36.8 Å². The summed E-state index contributed by atoms with van der Waals surface area (Å²) in [6.07, 6.45) is 3.70. The first-order chi connectivity index (χ1) is 14.6. The molecule has 0 saturated carbocycles. The molecule has 30 heavy (non-hydrogen) atoms. The number of imidazole rings is 1. The molecular weight excluding hydrogens is 382 g/mol. The number of rotatable bonds is 7. The molecule has 2 aromatic heterocycles. The van der Waals surface area contributed by atoms with Gasteiger partial charge in [0.2, 0.25) is 11.7 Å². The van der Waals surface area contributed by atoms with Crippen LogP contribution in [-0.4, -0.2) is 32.7 Å². The Hall–Kier alpha value is -3.94. The molecule has 0 fully saturated rings. The molecule has 2 heterocycles. The van der Waals surface area contributed by atoms with E-state index >= 15 is 0 Å². The summed E-state index contributed by atoms with van der Waals surface area (Å²) in [5, 5.41) is 6.77. The monoisotopic (exact) mass is 403 g/mol. The number of carbonyl (C=O) groups excluding carboxylic acids is 1. The largest absolute Gasteiger partial charge is 0.497 e. The molecule has 2 aromatic carbocycles. The van der Waals surface area contributed by atoms with Gasteiger partial charge in [0.15, 0.2) is 0 Å². The lowest BCUT2D eigenvalue weighted by Gasteiger charge is -2.07. The zero-order valence-electron chi connectivity index (χ0n) is 16.7. The molecule has 0 aliphatic heterocycles. The molecule has 4 aromatic rings. The average Bonchev–Trinajstić information content (AvgIpc) is 3.42. The second-order valence-corrected chi connectivity index (χ2v) is 6.73. The number of benzene rings is 2. The smallest absolute Gasteiger partial charge is 0.251 e. The van der Waals surface area contributed by atoms with Crippen molar-refractivity contribution in [2.45, 2.75) is 20.0 Å². The summed E-state index contributed by atoms with van der Waals surface area (Å²) < 4.78 is 12.5. The minimum Gasteiger partial charge on any atom is -0.497 e. The van der Waals surface area contributed by atoms with Gasteiger partial charge in [0.05, 0.1) is 13.7 Å². The summed E-state index contributed by atoms with van der Waals surface area (Å²) in [6.45, 7) is 2.81. The van der Waals surface area contributed by atoms with Crippen molar-refractivity contribution in [3.8, 4) is 17.1 Å². The average molecular weight is 403 g/mol. The standard InChI is InChI=1S/C22H21N5O3/c1-15-23-10-11-27(15)14-16-6-8-17(9-7-16)22(28)24-13-20-25-21(26-30-20)18-4-3-5-19(12-18)29-2/h3-12H,13-14H2,1-2H3,(H,24,28). The number of methoxy groups -OCH3 is 1. The predicted octanol–water partition coefficient (Wildman–Crippen LogP) is 3.23. The predicted molar refractivity (Wildman–Crippen MR) is 110 cm³/mol. The van der Waals surface area contributed by atoms with Gasteiger partial charge in [0.25, 0.3) is 5.91 Å². The van der Waals surface area contributed by atoms with Crippen LogP contribution in [0.25, 0.3) is 11.4 Å². The lowest BCUT2D eigenvalue weighted by Crippen LogP contribution is -2.22. The Morgan fingerprint density at radius 3 is 2.77 bits per heavy atom. The highest BCUT2D eigenvalue weighted by Gasteiger charge is 2.12. The lowest BCUT2D eigenvalue weighted by molar-refractivity contribution is 0.0946. The van der Waals surface area contributed by atoms with Crippen LogP contribution in [0.2, 0.25) is 0 Å². The highest BCUT2D eigenvalue weighted by Crippen LogP contribution is 2.21. The second-order valence-electron chi connectivity index (χ2n) is 6.73. The van der Waals surface area contributed by atoms with Crippen LogP contribution in [0, 0.1) is 6.92 Å². The Kier molecular flexibility index (Phi) is 5.56. The van der Waals surface area contributed by atoms with Crippen molar-refractivity contribution in [1.82, 2.24) is 25.0 Å². The second kappa shape index (κ2) is 8.60. The lowest BCUT2D eigenvalue weighted by atomic mass is 10.1. The molecule has 152 valence electrons. The number of carbonyl (C=O) groups is 1. The van der Waals surface area contributed by atoms with Crippen molar-refractivity contribution in [1.29, 1.82) is 0 Å². The van der Waals surface area contributed by atoms with Gasteiger partial charge in [-0.2, -0.15) is 4.98 Å². The van der Waals surface area contributed by atoms with Crippen LogP contribution in [0.1, 0.15) is 27.6 Å². The van der Waals surface area contributed by atoms with Gasteiger partial charge in [-0.15, -0.1) is 0 Å². The van der Waals surface area contributed by atoms with Crippen LogP contribution in [0.3, 0.4) is 0 Å². The summed E-state index contributed by atoms with van der Waals surface area (Å²) in [5.41, 5.74) is 2.43. The van der Waals surface area contributed by atoms with Crippen LogP contribution in [0.5, 0.6) is 5.75 Å². The van der Waals surface area contributed by atoms with E-state index in [1.807, 2.05) is 54.1 Å². The SMILES string of the molecule is COc1cccc(-c2noc(CNC(=O)c3ccc(Cn4ccnc4C)cc3)n2)c1. The first kappa shape index (κ1) is 19.4. The number of amides is 1. The maximum absolute atomic E-state index is 12.4. The fraction of sp³-hybridized carbons (Fsp3) is 0.182. The maximum atomic E-state index is 12.4. The maximum Gasteiger partial charge on any atom is 0.251 e. The van der Waals surface area contributed by atoms with Gasteiger partial charge in [-0.25, -0.2) is 4.98 Å². The molecule has 4 rings (SSSR count). The van der Waals surface area contributed by atoms with E-state index in [0.29, 0.717) is 29.6 Å². The Balaban J connectivity index is 1.35. The van der Waals surface area contributed by atoms with Crippen molar-refractivity contribution in [3.63, 3.8) is 0 Å². The molecular formula is C22H21N5O3. The number of aromatic nitrogens is 4. The molecule has 0 radical (unpaired) electrons. The number of nitrogens with one attached hydrogen (secondary N) is 1. The zero-order valence-corrected chi connectivity index (χ0v) is 16.7. The molecule has 0 saturated heterocycles. The van der Waals surface area contributed by atoms with E-state index in [0.717, 1.165) is 17.0 Å². The quantitative estimate of drug-likeness (QED) is 0.509. The third-order valence-corrected chi connectivity index (χ3v) is 4.69. The fourth-order valence-electron chi connectivity index (χ4n) is 2.99. The third kappa shape index (κ3) is 4.38. The molecule has 8 heteroatoms. The van der Waals surface area contributed by atoms with Gasteiger partial charge < -0.3 is 19.1 Å². The van der Waals surface area contributed by atoms with Crippen LogP contribution < -0.4 is 10.1 Å². The van der Waals surface area contributed by atoms with Crippen molar-refractivity contribution in [2.75, 3.05) is 7.11 Å². The highest BCUT2D eigenvalue weighted by atomic mass is 16.5. The summed E-state index contributed by atoms with van der Waals surface area (Å²) >= 11 is 0. The van der Waals surface area contributed by atoms with Gasteiger partial charge in [0, 0.05) is 30.1 Å². The Morgan fingerprint density at radius 1 is 1.20 bits per heavy atom. The molecule has 0 bridgehead atoms. The fourth-order valence-corrected chi connectivity index (χ4v) is 2.99. The van der Waals surface area contributed by atoms with Crippen molar-refractivity contribution in [2.24, 2.45) is 0 Å². The van der Waals surface area contributed by atoms with E-state index in [1.54, 1.807) is 25.4 Å². The zero-order chi connectivity index (χ0) is 20.9. The van der Waals surface area contributed by atoms with Gasteiger partial charge in [0.1, 0.15) is 11.6 Å². The summed E-state index contributed by atoms with van der Waals surface area (Å²) in [5.74, 6) is 2.22. The Bertz CT molecular complexity index is 1150. The molecule has 0 aliphatic rings. The van der Waals surface area contributed by atoms with Gasteiger partial charge in [-0.3, -0.25) is 4.79 Å². The van der Waals surface area contributed by atoms with E-state index in [9.17, 15) is 4.79 Å². The van der Waals surface area contributed by atoms with E-state index in [-0.39, 0.29) is 12.5 Å². The normalized spacial score (nSPS) is 10.7. The van der Waals surface area contributed by atoms with Crippen molar-refractivity contribution in [3.05, 3.63) is 83.8 Å². The van der Waals surface area contributed by atoms with Crippen molar-refractivity contribution >= 4 is 5.91 Å². The Labute approximate surface area is 173 Å². The molecule has 0 aliphatic carbocycles. The van der Waals surface area contributed by atoms with E-state index < -0.39 is 0 Å². The number of ether oxygens (including phenoxy) is 1. The minimum absolute atomic E-state index is 0.145. The summed E-state index contributed by atoms with van der Waals surface area (Å²) in [7, 11) is 1.60. The Morgan fingerprint density at radius 2 is 2.03 bits per heavy atom. The number of hydrogen-bond donors (Lipinski definition) is 1. The van der Waals surface area contributed by atoms with Crippen LogP contribution in [0.4, 0.5) is 0 Å². The molecule has 0 spiro atoms. The third-order valence-electron chi connectivity index (χ3n) is 4.69. The number of aryl methyl sites for hydroxylation is 1. The highest BCUT2D eigenvalue weighted by molar-refractivity contribution is 5.94. The summed E-state index contributed by atoms with van der Waals surface area (Å²) in [4.78, 5) is 21.0. The molecule has 1 amide bonds. The molecule has 0 atom stereocenters. The van der Waals surface area contributed by atoms with Gasteiger partial charge in [-0.1, -0.05) is 29.4 Å². The van der Waals surface area contributed by atoms with E-state index in [2.05, 4.69) is 20.4 Å². The van der Waals surface area contributed by atoms with Gasteiger partial charge >= 0.3 is 0 Å². The summed E-state index contributed by atoms with van der Waals surface area (Å²) in [6, 6.07) is 14.8. The number of nitrogens with zero attached hydrogens (tertiary/aromatic N) is 4.